The van der Waals surface area contributed by atoms with Crippen LogP contribution < -0.4 is 4.90 Å². The first kappa shape index (κ1) is 12.1. The van der Waals surface area contributed by atoms with Gasteiger partial charge in [-0.25, -0.2) is 4.90 Å². The molecule has 0 saturated heterocycles. The van der Waals surface area contributed by atoms with Crippen LogP contribution in [0.5, 0.6) is 0 Å². The van der Waals surface area contributed by atoms with E-state index in [9.17, 15) is 5.11 Å². The van der Waals surface area contributed by atoms with E-state index in [4.69, 9.17) is 0 Å². The van der Waals surface area contributed by atoms with Crippen molar-refractivity contribution in [1.29, 1.82) is 0 Å². The topological polar surface area (TPSA) is 26.5 Å². The second-order valence-electron chi connectivity index (χ2n) is 4.88. The number of para-hydroxylation sites is 1. The second kappa shape index (κ2) is 5.32. The molecule has 0 aliphatic carbocycles. The molecule has 0 fully saturated rings. The van der Waals surface area contributed by atoms with E-state index in [-0.39, 0.29) is 12.6 Å². The molecule has 0 saturated carbocycles. The quantitative estimate of drug-likeness (QED) is 0.799. The zero-order valence-corrected chi connectivity index (χ0v) is 10.6. The molecule has 1 aromatic carbocycles. The molecule has 3 heteroatoms. The summed E-state index contributed by atoms with van der Waals surface area (Å²) in [6, 6.07) is 10.6. The van der Waals surface area contributed by atoms with E-state index in [1.165, 1.54) is 5.69 Å². The van der Waals surface area contributed by atoms with Crippen molar-refractivity contribution in [2.75, 3.05) is 24.6 Å². The van der Waals surface area contributed by atoms with E-state index in [2.05, 4.69) is 53.9 Å². The molecule has 1 atom stereocenters. The van der Waals surface area contributed by atoms with Crippen molar-refractivity contribution in [3.05, 3.63) is 30.3 Å². The highest BCUT2D eigenvalue weighted by molar-refractivity contribution is 5.76. The van der Waals surface area contributed by atoms with Crippen LogP contribution >= 0.6 is 0 Å². The molecule has 1 aromatic rings. The van der Waals surface area contributed by atoms with Gasteiger partial charge in [0.05, 0.1) is 6.61 Å². The Bertz CT molecular complexity index is 386. The molecule has 0 radical (unpaired) electrons. The summed E-state index contributed by atoms with van der Waals surface area (Å²) in [6.45, 7) is 6.50. The molecular formula is C14H21N2O+. The average Bonchev–Trinajstić information content (AvgIpc) is 2.80. The van der Waals surface area contributed by atoms with Gasteiger partial charge in [0.25, 0.3) is 0 Å². The lowest BCUT2D eigenvalue weighted by atomic mass is 10.1. The van der Waals surface area contributed by atoms with E-state index >= 15 is 0 Å². The van der Waals surface area contributed by atoms with Gasteiger partial charge in [-0.15, -0.1) is 0 Å². The number of rotatable bonds is 4. The van der Waals surface area contributed by atoms with Crippen LogP contribution in [0.1, 0.15) is 13.8 Å². The number of nitrogens with zero attached hydrogens (tertiary/aromatic N) is 2. The number of benzene rings is 1. The Morgan fingerprint density at radius 2 is 2.00 bits per heavy atom. The summed E-state index contributed by atoms with van der Waals surface area (Å²) in [5, 5.41) is 9.43. The van der Waals surface area contributed by atoms with Gasteiger partial charge in [0, 0.05) is 0 Å². The van der Waals surface area contributed by atoms with Gasteiger partial charge in [-0.3, -0.25) is 4.58 Å². The maximum absolute atomic E-state index is 9.43. The summed E-state index contributed by atoms with van der Waals surface area (Å²) in [4.78, 5) is 2.24. The minimum absolute atomic E-state index is 0.219. The zero-order valence-electron chi connectivity index (χ0n) is 10.6. The van der Waals surface area contributed by atoms with Crippen molar-refractivity contribution < 1.29 is 9.68 Å². The van der Waals surface area contributed by atoms with Gasteiger partial charge in [0.15, 0.2) is 0 Å². The van der Waals surface area contributed by atoms with Crippen molar-refractivity contribution in [3.8, 4) is 0 Å². The van der Waals surface area contributed by atoms with Gasteiger partial charge in [-0.2, -0.15) is 0 Å². The second-order valence-corrected chi connectivity index (χ2v) is 4.88. The van der Waals surface area contributed by atoms with Crippen LogP contribution in [0.4, 0.5) is 5.69 Å². The Labute approximate surface area is 103 Å². The monoisotopic (exact) mass is 233 g/mol. The first-order valence-corrected chi connectivity index (χ1v) is 6.25. The fourth-order valence-corrected chi connectivity index (χ4v) is 2.28. The summed E-state index contributed by atoms with van der Waals surface area (Å²) in [7, 11) is 0. The van der Waals surface area contributed by atoms with E-state index in [0.717, 1.165) is 13.1 Å². The lowest BCUT2D eigenvalue weighted by molar-refractivity contribution is -0.563. The summed E-state index contributed by atoms with van der Waals surface area (Å²) in [5.74, 6) is 0.465. The molecule has 1 aliphatic rings. The van der Waals surface area contributed by atoms with Gasteiger partial charge in [-0.05, 0) is 18.1 Å². The highest BCUT2D eigenvalue weighted by Crippen LogP contribution is 2.15. The van der Waals surface area contributed by atoms with Crippen molar-refractivity contribution in [3.63, 3.8) is 0 Å². The fraction of sp³-hybridized carbons (Fsp3) is 0.500. The smallest absolute Gasteiger partial charge is 0.239 e. The number of anilines is 1. The highest BCUT2D eigenvalue weighted by atomic mass is 16.3. The van der Waals surface area contributed by atoms with Gasteiger partial charge in [0.2, 0.25) is 6.34 Å². The average molecular weight is 233 g/mol. The minimum Gasteiger partial charge on any atom is -0.392 e. The van der Waals surface area contributed by atoms with Gasteiger partial charge >= 0.3 is 0 Å². The van der Waals surface area contributed by atoms with Crippen molar-refractivity contribution in [2.24, 2.45) is 5.92 Å². The van der Waals surface area contributed by atoms with Crippen LogP contribution in [0.25, 0.3) is 0 Å². The maximum atomic E-state index is 9.43. The molecule has 17 heavy (non-hydrogen) atoms. The molecule has 0 amide bonds. The molecule has 0 bridgehead atoms. The van der Waals surface area contributed by atoms with Crippen LogP contribution in [-0.4, -0.2) is 41.8 Å². The largest absolute Gasteiger partial charge is 0.392 e. The molecular weight excluding hydrogens is 212 g/mol. The normalized spacial score (nSPS) is 17.4. The molecule has 0 unspecified atom stereocenters. The zero-order chi connectivity index (χ0) is 12.3. The third kappa shape index (κ3) is 2.67. The van der Waals surface area contributed by atoms with E-state index in [1.54, 1.807) is 0 Å². The molecule has 2 rings (SSSR count). The third-order valence-corrected chi connectivity index (χ3v) is 3.36. The van der Waals surface area contributed by atoms with Gasteiger partial charge in [0.1, 0.15) is 24.8 Å². The molecule has 1 heterocycles. The van der Waals surface area contributed by atoms with Crippen molar-refractivity contribution in [2.45, 2.75) is 19.9 Å². The summed E-state index contributed by atoms with van der Waals surface area (Å²) < 4.78 is 2.25. The highest BCUT2D eigenvalue weighted by Gasteiger charge is 2.28. The lowest BCUT2D eigenvalue weighted by Crippen LogP contribution is -2.34. The van der Waals surface area contributed by atoms with Crippen LogP contribution in [0.15, 0.2) is 30.3 Å². The summed E-state index contributed by atoms with van der Waals surface area (Å²) >= 11 is 0. The van der Waals surface area contributed by atoms with Gasteiger partial charge in [-0.1, -0.05) is 32.0 Å². The Morgan fingerprint density at radius 1 is 1.29 bits per heavy atom. The molecule has 0 spiro atoms. The van der Waals surface area contributed by atoms with Crippen LogP contribution in [0.3, 0.4) is 0 Å². The maximum Gasteiger partial charge on any atom is 0.239 e. The van der Waals surface area contributed by atoms with E-state index in [0.29, 0.717) is 5.92 Å². The SMILES string of the molecule is CC(C)[C@@H](CO)[N+]1=CN(c2ccccc2)CC1. The molecule has 3 nitrogen and oxygen atoms in total. The van der Waals surface area contributed by atoms with Crippen LogP contribution in [-0.2, 0) is 0 Å². The standard InChI is InChI=1S/C14H21N2O/c1-12(2)14(10-17)16-9-8-15(11-16)13-6-4-3-5-7-13/h3-7,11-12,14,17H,8-10H2,1-2H3/q+1/t14-/m1/s1. The predicted octanol–water partition coefficient (Wildman–Crippen LogP) is 1.56. The van der Waals surface area contributed by atoms with Crippen LogP contribution in [0, 0.1) is 5.92 Å². The number of hydrogen-bond acceptors (Lipinski definition) is 2. The Hall–Kier alpha value is -1.35. The summed E-state index contributed by atoms with van der Waals surface area (Å²) in [5.41, 5.74) is 1.22. The lowest BCUT2D eigenvalue weighted by Gasteiger charge is -2.17. The predicted molar refractivity (Wildman–Crippen MR) is 70.7 cm³/mol. The van der Waals surface area contributed by atoms with E-state index < -0.39 is 0 Å². The van der Waals surface area contributed by atoms with Crippen molar-refractivity contribution >= 4 is 12.0 Å². The first-order valence-electron chi connectivity index (χ1n) is 6.25. The Morgan fingerprint density at radius 3 is 2.59 bits per heavy atom. The molecule has 1 aliphatic heterocycles. The van der Waals surface area contributed by atoms with E-state index in [1.807, 2.05) is 6.07 Å². The minimum atomic E-state index is 0.219. The first-order chi connectivity index (χ1) is 8.22. The van der Waals surface area contributed by atoms with Crippen LogP contribution in [0.2, 0.25) is 0 Å². The molecule has 0 aromatic heterocycles. The molecule has 1 N–H and O–H groups in total. The molecule has 92 valence electrons. The summed E-state index contributed by atoms with van der Waals surface area (Å²) in [6.07, 6.45) is 2.14. The van der Waals surface area contributed by atoms with Gasteiger partial charge < -0.3 is 5.11 Å². The van der Waals surface area contributed by atoms with Crippen molar-refractivity contribution in [1.82, 2.24) is 0 Å². The fourth-order valence-electron chi connectivity index (χ4n) is 2.28. The Kier molecular flexibility index (Phi) is 3.79. The Balaban J connectivity index is 2.13. The number of aliphatic hydroxyl groups is 1. The third-order valence-electron chi connectivity index (χ3n) is 3.36. The number of aliphatic hydroxyl groups excluding tert-OH is 1. The number of hydrogen-bond donors (Lipinski definition) is 1.